The van der Waals surface area contributed by atoms with E-state index in [1.807, 2.05) is 0 Å². The fourth-order valence-electron chi connectivity index (χ4n) is 2.15. The van der Waals surface area contributed by atoms with Gasteiger partial charge in [0.2, 0.25) is 10.0 Å². The van der Waals surface area contributed by atoms with Crippen LogP contribution in [0.2, 0.25) is 10.2 Å². The molecule has 5 nitrogen and oxygen atoms in total. The van der Waals surface area contributed by atoms with Gasteiger partial charge in [-0.05, 0) is 45.0 Å². The molecule has 0 aliphatic carbocycles. The SMILES string of the molecule is O=S(=O)(NCCCN1CCCC1)c1cnc(Cl)c(Cl)c1. The van der Waals surface area contributed by atoms with Crippen molar-refractivity contribution in [2.45, 2.75) is 24.2 Å². The Balaban J connectivity index is 1.85. The minimum atomic E-state index is -3.57. The molecular weight excluding hydrogens is 321 g/mol. The summed E-state index contributed by atoms with van der Waals surface area (Å²) in [7, 11) is -3.57. The van der Waals surface area contributed by atoms with Crippen molar-refractivity contribution in [1.29, 1.82) is 0 Å². The Hall–Kier alpha value is -0.400. The summed E-state index contributed by atoms with van der Waals surface area (Å²) in [5.74, 6) is 0. The van der Waals surface area contributed by atoms with Crippen molar-refractivity contribution < 1.29 is 8.42 Å². The molecule has 0 saturated carbocycles. The zero-order chi connectivity index (χ0) is 14.6. The van der Waals surface area contributed by atoms with Crippen LogP contribution in [0.3, 0.4) is 0 Å². The Kier molecular flexibility index (Phi) is 5.63. The van der Waals surface area contributed by atoms with Gasteiger partial charge >= 0.3 is 0 Å². The molecule has 0 unspecified atom stereocenters. The lowest BCUT2D eigenvalue weighted by atomic mass is 10.4. The van der Waals surface area contributed by atoms with E-state index >= 15 is 0 Å². The van der Waals surface area contributed by atoms with Crippen LogP contribution in [0, 0.1) is 0 Å². The number of nitrogens with one attached hydrogen (secondary N) is 1. The largest absolute Gasteiger partial charge is 0.303 e. The van der Waals surface area contributed by atoms with Crippen LogP contribution in [0.25, 0.3) is 0 Å². The summed E-state index contributed by atoms with van der Waals surface area (Å²) >= 11 is 11.4. The van der Waals surface area contributed by atoms with Crippen LogP contribution in [0.5, 0.6) is 0 Å². The van der Waals surface area contributed by atoms with Gasteiger partial charge in [-0.3, -0.25) is 0 Å². The zero-order valence-electron chi connectivity index (χ0n) is 11.0. The van der Waals surface area contributed by atoms with Crippen molar-refractivity contribution in [3.8, 4) is 0 Å². The maximum Gasteiger partial charge on any atom is 0.242 e. The lowest BCUT2D eigenvalue weighted by molar-refractivity contribution is 0.334. The van der Waals surface area contributed by atoms with Crippen LogP contribution >= 0.6 is 23.2 Å². The molecule has 2 rings (SSSR count). The predicted molar refractivity (Wildman–Crippen MR) is 79.7 cm³/mol. The summed E-state index contributed by atoms with van der Waals surface area (Å²) in [6.45, 7) is 3.55. The molecule has 1 aliphatic heterocycles. The summed E-state index contributed by atoms with van der Waals surface area (Å²) in [6.07, 6.45) is 4.46. The second-order valence-electron chi connectivity index (χ2n) is 4.74. The van der Waals surface area contributed by atoms with Gasteiger partial charge in [-0.15, -0.1) is 0 Å². The molecule has 1 fully saturated rings. The number of rotatable bonds is 6. The van der Waals surface area contributed by atoms with Gasteiger partial charge in [-0.1, -0.05) is 23.2 Å². The van der Waals surface area contributed by atoms with Gasteiger partial charge in [0.05, 0.1) is 5.02 Å². The van der Waals surface area contributed by atoms with Crippen LogP contribution in [0.15, 0.2) is 17.2 Å². The van der Waals surface area contributed by atoms with E-state index < -0.39 is 10.0 Å². The number of pyridine rings is 1. The van der Waals surface area contributed by atoms with E-state index in [2.05, 4.69) is 14.6 Å². The average molecular weight is 338 g/mol. The predicted octanol–water partition coefficient (Wildman–Crippen LogP) is 2.15. The van der Waals surface area contributed by atoms with Crippen molar-refractivity contribution in [2.75, 3.05) is 26.2 Å². The number of halogens is 2. The van der Waals surface area contributed by atoms with Crippen LogP contribution in [0.4, 0.5) is 0 Å². The number of aromatic nitrogens is 1. The van der Waals surface area contributed by atoms with E-state index in [9.17, 15) is 8.42 Å². The highest BCUT2D eigenvalue weighted by Gasteiger charge is 2.16. The molecule has 1 aromatic rings. The van der Waals surface area contributed by atoms with Crippen LogP contribution in [-0.4, -0.2) is 44.5 Å². The zero-order valence-corrected chi connectivity index (χ0v) is 13.3. The van der Waals surface area contributed by atoms with E-state index in [1.165, 1.54) is 25.1 Å². The third kappa shape index (κ3) is 4.30. The molecule has 2 heterocycles. The Morgan fingerprint density at radius 3 is 2.65 bits per heavy atom. The first-order chi connectivity index (χ1) is 9.49. The third-order valence-electron chi connectivity index (χ3n) is 3.22. The monoisotopic (exact) mass is 337 g/mol. The summed E-state index contributed by atoms with van der Waals surface area (Å²) in [5.41, 5.74) is 0. The molecule has 0 radical (unpaired) electrons. The number of hydrogen-bond donors (Lipinski definition) is 1. The van der Waals surface area contributed by atoms with Crippen molar-refractivity contribution >= 4 is 33.2 Å². The quantitative estimate of drug-likeness (QED) is 0.638. The van der Waals surface area contributed by atoms with Gasteiger partial charge < -0.3 is 4.90 Å². The molecule has 0 atom stereocenters. The molecule has 20 heavy (non-hydrogen) atoms. The minimum absolute atomic E-state index is 0.0353. The van der Waals surface area contributed by atoms with Crippen LogP contribution in [0.1, 0.15) is 19.3 Å². The first-order valence-electron chi connectivity index (χ1n) is 6.52. The summed E-state index contributed by atoms with van der Waals surface area (Å²) < 4.78 is 26.6. The Bertz CT molecular complexity index is 560. The third-order valence-corrected chi connectivity index (χ3v) is 5.34. The minimum Gasteiger partial charge on any atom is -0.303 e. The first kappa shape index (κ1) is 16.0. The molecule has 0 bridgehead atoms. The Morgan fingerprint density at radius 2 is 2.00 bits per heavy atom. The topological polar surface area (TPSA) is 62.3 Å². The fraction of sp³-hybridized carbons (Fsp3) is 0.583. The second-order valence-corrected chi connectivity index (χ2v) is 7.28. The maximum atomic E-state index is 12.0. The standard InChI is InChI=1S/C12H17Cl2N3O2S/c13-11-8-10(9-15-12(11)14)20(18,19)16-4-3-7-17-5-1-2-6-17/h8-9,16H,1-7H2. The Labute approximate surface area is 129 Å². The number of nitrogens with zero attached hydrogens (tertiary/aromatic N) is 2. The highest BCUT2D eigenvalue weighted by molar-refractivity contribution is 7.89. The number of likely N-dealkylation sites (tertiary alicyclic amines) is 1. The first-order valence-corrected chi connectivity index (χ1v) is 8.76. The van der Waals surface area contributed by atoms with Gasteiger partial charge in [-0.25, -0.2) is 18.1 Å². The van der Waals surface area contributed by atoms with Gasteiger partial charge in [0.1, 0.15) is 10.0 Å². The molecule has 0 spiro atoms. The van der Waals surface area contributed by atoms with Gasteiger partial charge in [-0.2, -0.15) is 0 Å². The summed E-state index contributed by atoms with van der Waals surface area (Å²) in [4.78, 5) is 6.12. The van der Waals surface area contributed by atoms with Gasteiger partial charge in [0.25, 0.3) is 0 Å². The number of hydrogen-bond acceptors (Lipinski definition) is 4. The summed E-state index contributed by atoms with van der Waals surface area (Å²) in [6, 6.07) is 1.31. The normalized spacial score (nSPS) is 16.7. The van der Waals surface area contributed by atoms with Crippen LogP contribution < -0.4 is 4.72 Å². The van der Waals surface area contributed by atoms with Crippen molar-refractivity contribution in [3.63, 3.8) is 0 Å². The lowest BCUT2D eigenvalue weighted by Crippen LogP contribution is -2.28. The number of sulfonamides is 1. The summed E-state index contributed by atoms with van der Waals surface area (Å²) in [5, 5.41) is 0.228. The molecule has 1 aromatic heterocycles. The molecule has 1 saturated heterocycles. The molecule has 8 heteroatoms. The average Bonchev–Trinajstić information content (AvgIpc) is 2.91. The fourth-order valence-corrected chi connectivity index (χ4v) is 3.53. The van der Waals surface area contributed by atoms with E-state index in [4.69, 9.17) is 23.2 Å². The van der Waals surface area contributed by atoms with E-state index in [0.717, 1.165) is 26.1 Å². The molecule has 0 aromatic carbocycles. The smallest absolute Gasteiger partial charge is 0.242 e. The second kappa shape index (κ2) is 7.04. The van der Waals surface area contributed by atoms with Crippen molar-refractivity contribution in [3.05, 3.63) is 22.4 Å². The van der Waals surface area contributed by atoms with Crippen molar-refractivity contribution in [1.82, 2.24) is 14.6 Å². The molecule has 1 aliphatic rings. The molecule has 1 N–H and O–H groups in total. The molecule has 112 valence electrons. The van der Waals surface area contributed by atoms with Crippen LogP contribution in [-0.2, 0) is 10.0 Å². The Morgan fingerprint density at radius 1 is 1.30 bits per heavy atom. The van der Waals surface area contributed by atoms with E-state index in [1.54, 1.807) is 0 Å². The highest BCUT2D eigenvalue weighted by Crippen LogP contribution is 2.21. The van der Waals surface area contributed by atoms with Gasteiger partial charge in [0, 0.05) is 12.7 Å². The maximum absolute atomic E-state index is 12.0. The highest BCUT2D eigenvalue weighted by atomic mass is 35.5. The van der Waals surface area contributed by atoms with Crippen molar-refractivity contribution in [2.24, 2.45) is 0 Å². The molecular formula is C12H17Cl2N3O2S. The van der Waals surface area contributed by atoms with E-state index in [0.29, 0.717) is 6.54 Å². The molecule has 0 amide bonds. The lowest BCUT2D eigenvalue weighted by Gasteiger charge is -2.14. The van der Waals surface area contributed by atoms with Gasteiger partial charge in [0.15, 0.2) is 0 Å². The van der Waals surface area contributed by atoms with E-state index in [-0.39, 0.29) is 15.1 Å².